The van der Waals surface area contributed by atoms with E-state index in [9.17, 15) is 4.79 Å². The predicted octanol–water partition coefficient (Wildman–Crippen LogP) is 3.64. The molecule has 1 amide bonds. The van der Waals surface area contributed by atoms with Gasteiger partial charge >= 0.3 is 0 Å². The molecular formula is C25H29N3O3. The number of piperazine rings is 1. The zero-order chi connectivity index (χ0) is 21.5. The van der Waals surface area contributed by atoms with Gasteiger partial charge in [0, 0.05) is 32.7 Å². The number of para-hydroxylation sites is 2. The molecular weight excluding hydrogens is 390 g/mol. The van der Waals surface area contributed by atoms with E-state index >= 15 is 0 Å². The summed E-state index contributed by atoms with van der Waals surface area (Å²) in [6, 6.07) is 22.0. The standard InChI is InChI=1S/C25H29N3O3/c1-30-24-12-6-5-11-23(24)27-15-13-26(14-16-27)20-25(29)28(19-22-10-7-17-31-22)18-21-8-3-2-4-9-21/h2-12,17H,13-16,18-20H2,1H3. The van der Waals surface area contributed by atoms with Crippen molar-refractivity contribution in [2.24, 2.45) is 0 Å². The molecule has 0 saturated carbocycles. The molecule has 4 rings (SSSR count). The lowest BCUT2D eigenvalue weighted by atomic mass is 10.2. The van der Waals surface area contributed by atoms with Crippen molar-refractivity contribution in [1.29, 1.82) is 0 Å². The summed E-state index contributed by atoms with van der Waals surface area (Å²) in [6.07, 6.45) is 1.65. The molecule has 0 bridgehead atoms. The fourth-order valence-electron chi connectivity index (χ4n) is 3.96. The number of hydrogen-bond donors (Lipinski definition) is 0. The van der Waals surface area contributed by atoms with Crippen molar-refractivity contribution in [2.45, 2.75) is 13.1 Å². The molecule has 0 N–H and O–H groups in total. The molecule has 0 atom stereocenters. The fraction of sp³-hybridized carbons (Fsp3) is 0.320. The second kappa shape index (κ2) is 10.2. The number of carbonyl (C=O) groups is 1. The van der Waals surface area contributed by atoms with E-state index < -0.39 is 0 Å². The Kier molecular flexibility index (Phi) is 6.89. The van der Waals surface area contributed by atoms with Crippen molar-refractivity contribution < 1.29 is 13.9 Å². The maximum Gasteiger partial charge on any atom is 0.237 e. The Morgan fingerprint density at radius 2 is 1.68 bits per heavy atom. The Hall–Kier alpha value is -3.25. The normalized spacial score (nSPS) is 14.4. The molecule has 6 nitrogen and oxygen atoms in total. The first-order valence-corrected chi connectivity index (χ1v) is 10.7. The van der Waals surface area contributed by atoms with Crippen molar-refractivity contribution in [3.8, 4) is 5.75 Å². The van der Waals surface area contributed by atoms with Gasteiger partial charge in [0.2, 0.25) is 5.91 Å². The Morgan fingerprint density at radius 3 is 2.39 bits per heavy atom. The van der Waals surface area contributed by atoms with Crippen molar-refractivity contribution in [1.82, 2.24) is 9.80 Å². The second-order valence-electron chi connectivity index (χ2n) is 7.75. The van der Waals surface area contributed by atoms with Gasteiger partial charge in [-0.25, -0.2) is 0 Å². The van der Waals surface area contributed by atoms with Crippen LogP contribution in [0.4, 0.5) is 5.69 Å². The van der Waals surface area contributed by atoms with E-state index in [0.717, 1.165) is 48.9 Å². The number of benzene rings is 2. The van der Waals surface area contributed by atoms with Crippen LogP contribution in [0.2, 0.25) is 0 Å². The highest BCUT2D eigenvalue weighted by molar-refractivity contribution is 5.78. The van der Waals surface area contributed by atoms with E-state index in [2.05, 4.69) is 28.0 Å². The van der Waals surface area contributed by atoms with Gasteiger partial charge in [-0.3, -0.25) is 9.69 Å². The third kappa shape index (κ3) is 5.47. The number of nitrogens with zero attached hydrogens (tertiary/aromatic N) is 3. The SMILES string of the molecule is COc1ccccc1N1CCN(CC(=O)N(Cc2ccccc2)Cc2ccco2)CC1. The van der Waals surface area contributed by atoms with E-state index in [0.29, 0.717) is 19.6 Å². The summed E-state index contributed by atoms with van der Waals surface area (Å²) in [5, 5.41) is 0. The van der Waals surface area contributed by atoms with Gasteiger partial charge in [0.1, 0.15) is 11.5 Å². The van der Waals surface area contributed by atoms with Crippen LogP contribution in [0.1, 0.15) is 11.3 Å². The van der Waals surface area contributed by atoms with E-state index in [1.54, 1.807) is 13.4 Å². The van der Waals surface area contributed by atoms with E-state index in [1.165, 1.54) is 0 Å². The van der Waals surface area contributed by atoms with Crippen LogP contribution < -0.4 is 9.64 Å². The molecule has 31 heavy (non-hydrogen) atoms. The number of methoxy groups -OCH3 is 1. The predicted molar refractivity (Wildman–Crippen MR) is 121 cm³/mol. The van der Waals surface area contributed by atoms with Crippen LogP contribution in [-0.4, -0.2) is 55.5 Å². The van der Waals surface area contributed by atoms with Crippen LogP contribution in [0.3, 0.4) is 0 Å². The number of hydrogen-bond acceptors (Lipinski definition) is 5. The minimum atomic E-state index is 0.117. The first-order chi connectivity index (χ1) is 15.2. The highest BCUT2D eigenvalue weighted by atomic mass is 16.5. The van der Waals surface area contributed by atoms with Gasteiger partial charge in [-0.1, -0.05) is 42.5 Å². The molecule has 0 radical (unpaired) electrons. The number of rotatable bonds is 8. The van der Waals surface area contributed by atoms with Crippen LogP contribution in [-0.2, 0) is 17.9 Å². The second-order valence-corrected chi connectivity index (χ2v) is 7.75. The van der Waals surface area contributed by atoms with Crippen LogP contribution in [0.25, 0.3) is 0 Å². The van der Waals surface area contributed by atoms with Gasteiger partial charge in [0.15, 0.2) is 0 Å². The number of carbonyl (C=O) groups excluding carboxylic acids is 1. The summed E-state index contributed by atoms with van der Waals surface area (Å²) in [5.74, 6) is 1.80. The minimum absolute atomic E-state index is 0.117. The van der Waals surface area contributed by atoms with Crippen LogP contribution in [0.15, 0.2) is 77.4 Å². The Bertz CT molecular complexity index is 951. The maximum atomic E-state index is 13.2. The molecule has 1 fully saturated rings. The summed E-state index contributed by atoms with van der Waals surface area (Å²) >= 11 is 0. The van der Waals surface area contributed by atoms with Crippen LogP contribution in [0, 0.1) is 0 Å². The molecule has 1 aromatic heterocycles. The Labute approximate surface area is 183 Å². The van der Waals surface area contributed by atoms with Crippen LogP contribution in [0.5, 0.6) is 5.75 Å². The largest absolute Gasteiger partial charge is 0.495 e. The average Bonchev–Trinajstić information content (AvgIpc) is 3.33. The Morgan fingerprint density at radius 1 is 0.935 bits per heavy atom. The smallest absolute Gasteiger partial charge is 0.237 e. The van der Waals surface area contributed by atoms with E-state index in [-0.39, 0.29) is 5.91 Å². The Balaban J connectivity index is 1.37. The van der Waals surface area contributed by atoms with E-state index in [4.69, 9.17) is 9.15 Å². The lowest BCUT2D eigenvalue weighted by Crippen LogP contribution is -2.50. The molecule has 1 saturated heterocycles. The van der Waals surface area contributed by atoms with Gasteiger partial charge in [0.05, 0.1) is 32.1 Å². The average molecular weight is 420 g/mol. The van der Waals surface area contributed by atoms with Crippen molar-refractivity contribution >= 4 is 11.6 Å². The minimum Gasteiger partial charge on any atom is -0.495 e. The zero-order valence-corrected chi connectivity index (χ0v) is 17.9. The molecule has 0 aliphatic carbocycles. The number of ether oxygens (including phenoxy) is 1. The summed E-state index contributed by atoms with van der Waals surface area (Å²) in [7, 11) is 1.70. The van der Waals surface area contributed by atoms with Gasteiger partial charge in [-0.2, -0.15) is 0 Å². The molecule has 1 aliphatic heterocycles. The summed E-state index contributed by atoms with van der Waals surface area (Å²) < 4.78 is 11.0. The molecule has 6 heteroatoms. The van der Waals surface area contributed by atoms with Gasteiger partial charge < -0.3 is 19.0 Å². The van der Waals surface area contributed by atoms with Gasteiger partial charge in [-0.05, 0) is 29.8 Å². The quantitative estimate of drug-likeness (QED) is 0.558. The maximum absolute atomic E-state index is 13.2. The topological polar surface area (TPSA) is 49.2 Å². The monoisotopic (exact) mass is 419 g/mol. The van der Waals surface area contributed by atoms with Crippen LogP contribution >= 0.6 is 0 Å². The molecule has 2 aromatic carbocycles. The van der Waals surface area contributed by atoms with Gasteiger partial charge in [-0.15, -0.1) is 0 Å². The molecule has 0 spiro atoms. The van der Waals surface area contributed by atoms with E-state index in [1.807, 2.05) is 53.4 Å². The molecule has 2 heterocycles. The molecule has 1 aliphatic rings. The zero-order valence-electron chi connectivity index (χ0n) is 17.9. The fourth-order valence-corrected chi connectivity index (χ4v) is 3.96. The number of amides is 1. The number of furan rings is 1. The molecule has 3 aromatic rings. The number of anilines is 1. The van der Waals surface area contributed by atoms with Gasteiger partial charge in [0.25, 0.3) is 0 Å². The van der Waals surface area contributed by atoms with Crippen molar-refractivity contribution in [3.05, 3.63) is 84.3 Å². The highest BCUT2D eigenvalue weighted by Gasteiger charge is 2.24. The molecule has 162 valence electrons. The summed E-state index contributed by atoms with van der Waals surface area (Å²) in [6.45, 7) is 4.86. The third-order valence-electron chi connectivity index (χ3n) is 5.65. The lowest BCUT2D eigenvalue weighted by molar-refractivity contribution is -0.134. The van der Waals surface area contributed by atoms with Crippen molar-refractivity contribution in [3.63, 3.8) is 0 Å². The third-order valence-corrected chi connectivity index (χ3v) is 5.65. The summed E-state index contributed by atoms with van der Waals surface area (Å²) in [5.41, 5.74) is 2.22. The van der Waals surface area contributed by atoms with Crippen molar-refractivity contribution in [2.75, 3.05) is 44.7 Å². The first kappa shape index (κ1) is 21.0. The lowest BCUT2D eigenvalue weighted by Gasteiger charge is -2.37. The summed E-state index contributed by atoms with van der Waals surface area (Å²) in [4.78, 5) is 19.6. The molecule has 0 unspecified atom stereocenters. The first-order valence-electron chi connectivity index (χ1n) is 10.7. The highest BCUT2D eigenvalue weighted by Crippen LogP contribution is 2.28.